The van der Waals surface area contributed by atoms with Crippen LogP contribution in [-0.4, -0.2) is 40.8 Å². The molecule has 0 aromatic carbocycles. The Morgan fingerprint density at radius 1 is 1.50 bits per heavy atom. The van der Waals surface area contributed by atoms with Crippen LogP contribution in [-0.2, 0) is 0 Å². The lowest BCUT2D eigenvalue weighted by Crippen LogP contribution is -2.43. The quantitative estimate of drug-likeness (QED) is 0.482. The van der Waals surface area contributed by atoms with Crippen LogP contribution in [0.4, 0.5) is 4.79 Å². The molecule has 2 aliphatic heterocycles. The highest BCUT2D eigenvalue weighted by Crippen LogP contribution is 2.20. The number of urea groups is 1. The van der Waals surface area contributed by atoms with Crippen molar-refractivity contribution in [1.29, 1.82) is 0 Å². The molecule has 3 N–H and O–H groups in total. The maximum absolute atomic E-state index is 10.9. The number of hydrogen-bond donors (Lipinski definition) is 3. The van der Waals surface area contributed by atoms with E-state index in [1.807, 2.05) is 0 Å². The number of thioether (sulfide) groups is 1. The minimum absolute atomic E-state index is 0.0764. The molecular formula is C7H12N2O2S. The zero-order chi connectivity index (χ0) is 8.55. The van der Waals surface area contributed by atoms with Crippen molar-refractivity contribution in [2.24, 2.45) is 0 Å². The molecule has 0 aromatic heterocycles. The summed E-state index contributed by atoms with van der Waals surface area (Å²) in [6, 6.07) is -0.112. The highest BCUT2D eigenvalue weighted by atomic mass is 32.2. The van der Waals surface area contributed by atoms with Gasteiger partial charge in [-0.15, -0.1) is 0 Å². The van der Waals surface area contributed by atoms with Gasteiger partial charge >= 0.3 is 6.03 Å². The van der Waals surface area contributed by atoms with Gasteiger partial charge in [-0.1, -0.05) is 0 Å². The summed E-state index contributed by atoms with van der Waals surface area (Å²) in [5, 5.41) is 15.1. The van der Waals surface area contributed by atoms with E-state index in [1.165, 1.54) is 0 Å². The molecule has 3 atom stereocenters. The standard InChI is InChI=1S/C7H12N2O2S/c10-5-1-2-12-3-4-6(5)9-7(11)8-4/h4-6,10H,1-3H2,(H2,8,9,11)/t4-,5-,6-/m0/s1. The SMILES string of the molecule is O=C1N[C@H]2[C@H](CSCC[C@@H]2O)N1. The Labute approximate surface area is 75.1 Å². The average Bonchev–Trinajstić information content (AvgIpc) is 2.33. The summed E-state index contributed by atoms with van der Waals surface area (Å²) in [4.78, 5) is 10.9. The number of carbonyl (C=O) groups excluding carboxylic acids is 1. The zero-order valence-corrected chi connectivity index (χ0v) is 7.43. The molecule has 0 unspecified atom stereocenters. The van der Waals surface area contributed by atoms with Crippen LogP contribution in [0.5, 0.6) is 0 Å². The fourth-order valence-electron chi connectivity index (χ4n) is 1.66. The van der Waals surface area contributed by atoms with E-state index < -0.39 is 0 Å². The third-order valence-electron chi connectivity index (χ3n) is 2.32. The minimum atomic E-state index is -0.385. The third kappa shape index (κ3) is 1.38. The van der Waals surface area contributed by atoms with E-state index in [0.717, 1.165) is 17.9 Å². The molecule has 2 rings (SSSR count). The second-order valence-corrected chi connectivity index (χ2v) is 4.33. The fourth-order valence-corrected chi connectivity index (χ4v) is 2.77. The van der Waals surface area contributed by atoms with E-state index in [1.54, 1.807) is 11.8 Å². The van der Waals surface area contributed by atoms with Gasteiger partial charge in [0.25, 0.3) is 0 Å². The van der Waals surface area contributed by atoms with Gasteiger partial charge in [0.15, 0.2) is 0 Å². The second-order valence-electron chi connectivity index (χ2n) is 3.18. The molecule has 0 spiro atoms. The first kappa shape index (κ1) is 8.19. The Hall–Kier alpha value is -0.420. The van der Waals surface area contributed by atoms with Gasteiger partial charge in [0, 0.05) is 5.75 Å². The molecular weight excluding hydrogens is 176 g/mol. The Morgan fingerprint density at radius 3 is 3.17 bits per heavy atom. The van der Waals surface area contributed by atoms with Crippen LogP contribution in [0.3, 0.4) is 0 Å². The lowest BCUT2D eigenvalue weighted by atomic mass is 10.0. The summed E-state index contributed by atoms with van der Waals surface area (Å²) in [6.07, 6.45) is 0.386. The van der Waals surface area contributed by atoms with Crippen molar-refractivity contribution in [2.75, 3.05) is 11.5 Å². The van der Waals surface area contributed by atoms with E-state index >= 15 is 0 Å². The van der Waals surface area contributed by atoms with Gasteiger partial charge in [0.1, 0.15) is 0 Å². The van der Waals surface area contributed by atoms with Gasteiger partial charge < -0.3 is 15.7 Å². The Kier molecular flexibility index (Phi) is 2.14. The second kappa shape index (κ2) is 3.14. The molecule has 2 heterocycles. The smallest absolute Gasteiger partial charge is 0.315 e. The molecule has 5 heteroatoms. The number of nitrogens with one attached hydrogen (secondary N) is 2. The monoisotopic (exact) mass is 188 g/mol. The number of rotatable bonds is 0. The van der Waals surface area contributed by atoms with E-state index in [9.17, 15) is 9.90 Å². The molecule has 2 aliphatic rings. The molecule has 0 bridgehead atoms. The molecule has 12 heavy (non-hydrogen) atoms. The van der Waals surface area contributed by atoms with Crippen molar-refractivity contribution in [2.45, 2.75) is 24.6 Å². The predicted octanol–water partition coefficient (Wildman–Crippen LogP) is -0.466. The highest BCUT2D eigenvalue weighted by Gasteiger charge is 2.37. The molecule has 4 nitrogen and oxygen atoms in total. The highest BCUT2D eigenvalue weighted by molar-refractivity contribution is 7.99. The first-order valence-electron chi connectivity index (χ1n) is 4.10. The van der Waals surface area contributed by atoms with Gasteiger partial charge in [-0.05, 0) is 12.2 Å². The predicted molar refractivity (Wildman–Crippen MR) is 47.2 cm³/mol. The van der Waals surface area contributed by atoms with E-state index in [-0.39, 0.29) is 24.2 Å². The lowest BCUT2D eigenvalue weighted by molar-refractivity contribution is 0.130. The van der Waals surface area contributed by atoms with Gasteiger partial charge in [-0.3, -0.25) is 0 Å². The minimum Gasteiger partial charge on any atom is -0.391 e. The summed E-state index contributed by atoms with van der Waals surface area (Å²) in [7, 11) is 0. The van der Waals surface area contributed by atoms with Crippen LogP contribution in [0, 0.1) is 0 Å². The van der Waals surface area contributed by atoms with E-state index in [0.29, 0.717) is 0 Å². The summed E-state index contributed by atoms with van der Waals surface area (Å²) < 4.78 is 0. The molecule has 0 saturated carbocycles. The number of fused-ring (bicyclic) bond motifs is 1. The Balaban J connectivity index is 2.09. The molecule has 68 valence electrons. The molecule has 0 aromatic rings. The zero-order valence-electron chi connectivity index (χ0n) is 6.62. The van der Waals surface area contributed by atoms with Crippen LogP contribution in [0.25, 0.3) is 0 Å². The molecule has 2 amide bonds. The number of carbonyl (C=O) groups is 1. The number of aliphatic hydroxyl groups is 1. The number of aliphatic hydroxyl groups excluding tert-OH is 1. The van der Waals surface area contributed by atoms with Gasteiger partial charge in [-0.2, -0.15) is 11.8 Å². The normalized spacial score (nSPS) is 41.1. The number of amides is 2. The fraction of sp³-hybridized carbons (Fsp3) is 0.857. The van der Waals surface area contributed by atoms with Crippen LogP contribution in [0.15, 0.2) is 0 Å². The van der Waals surface area contributed by atoms with Crippen molar-refractivity contribution in [3.63, 3.8) is 0 Å². The van der Waals surface area contributed by atoms with Crippen molar-refractivity contribution in [1.82, 2.24) is 10.6 Å². The van der Waals surface area contributed by atoms with Crippen molar-refractivity contribution >= 4 is 17.8 Å². The van der Waals surface area contributed by atoms with Crippen molar-refractivity contribution < 1.29 is 9.90 Å². The van der Waals surface area contributed by atoms with Gasteiger partial charge in [0.2, 0.25) is 0 Å². The first-order valence-corrected chi connectivity index (χ1v) is 5.25. The van der Waals surface area contributed by atoms with Crippen LogP contribution in [0.1, 0.15) is 6.42 Å². The molecule has 0 radical (unpaired) electrons. The molecule has 0 aliphatic carbocycles. The summed E-state index contributed by atoms with van der Waals surface area (Å²) in [5.74, 6) is 1.88. The van der Waals surface area contributed by atoms with Crippen LogP contribution < -0.4 is 10.6 Å². The average molecular weight is 188 g/mol. The van der Waals surface area contributed by atoms with Crippen LogP contribution >= 0.6 is 11.8 Å². The first-order chi connectivity index (χ1) is 5.77. The van der Waals surface area contributed by atoms with E-state index in [2.05, 4.69) is 10.6 Å². The van der Waals surface area contributed by atoms with Gasteiger partial charge in [-0.25, -0.2) is 4.79 Å². The lowest BCUT2D eigenvalue weighted by Gasteiger charge is -2.18. The topological polar surface area (TPSA) is 61.4 Å². The molecule has 2 saturated heterocycles. The number of hydrogen-bond acceptors (Lipinski definition) is 3. The van der Waals surface area contributed by atoms with Crippen molar-refractivity contribution in [3.05, 3.63) is 0 Å². The summed E-state index contributed by atoms with van der Waals surface area (Å²) in [6.45, 7) is 0. The summed E-state index contributed by atoms with van der Waals surface area (Å²) >= 11 is 1.78. The maximum Gasteiger partial charge on any atom is 0.315 e. The Bertz CT molecular complexity index is 200. The van der Waals surface area contributed by atoms with Gasteiger partial charge in [0.05, 0.1) is 18.2 Å². The van der Waals surface area contributed by atoms with E-state index in [4.69, 9.17) is 0 Å². The van der Waals surface area contributed by atoms with Crippen molar-refractivity contribution in [3.8, 4) is 0 Å². The molecule has 2 fully saturated rings. The third-order valence-corrected chi connectivity index (χ3v) is 3.44. The van der Waals surface area contributed by atoms with Crippen LogP contribution in [0.2, 0.25) is 0 Å². The maximum atomic E-state index is 10.9. The Morgan fingerprint density at radius 2 is 2.33 bits per heavy atom. The largest absolute Gasteiger partial charge is 0.391 e. The summed E-state index contributed by atoms with van der Waals surface area (Å²) in [5.41, 5.74) is 0.